The lowest BCUT2D eigenvalue weighted by Gasteiger charge is -2.48. The van der Waals surface area contributed by atoms with Gasteiger partial charge >= 0.3 is 6.09 Å². The van der Waals surface area contributed by atoms with Crippen LogP contribution in [0.15, 0.2) is 23.0 Å². The molecule has 6 nitrogen and oxygen atoms in total. The Bertz CT molecular complexity index is 595. The molecule has 0 bridgehead atoms. The zero-order valence-electron chi connectivity index (χ0n) is 16.0. The fourth-order valence-electron chi connectivity index (χ4n) is 3.13. The van der Waals surface area contributed by atoms with Gasteiger partial charge in [0.2, 0.25) is 0 Å². The molecule has 1 saturated heterocycles. The molecule has 0 radical (unpaired) electrons. The Balaban J connectivity index is 2.27. The molecule has 1 aliphatic rings. The highest BCUT2D eigenvalue weighted by atomic mass is 28.4. The minimum Gasteiger partial charge on any atom is -0.472 e. The Morgan fingerprint density at radius 1 is 1.24 bits per heavy atom. The van der Waals surface area contributed by atoms with E-state index in [9.17, 15) is 9.59 Å². The maximum absolute atomic E-state index is 12.7. The number of imide groups is 1. The Morgan fingerprint density at radius 2 is 1.84 bits per heavy atom. The zero-order chi connectivity index (χ0) is 18.8. The molecule has 1 aliphatic heterocycles. The van der Waals surface area contributed by atoms with Gasteiger partial charge in [0.1, 0.15) is 11.6 Å². The quantitative estimate of drug-likeness (QED) is 0.547. The molecular weight excluding hydrogens is 338 g/mol. The smallest absolute Gasteiger partial charge is 0.417 e. The van der Waals surface area contributed by atoms with Crippen LogP contribution in [-0.2, 0) is 14.0 Å². The maximum Gasteiger partial charge on any atom is 0.417 e. The number of amides is 2. The Labute approximate surface area is 150 Å². The van der Waals surface area contributed by atoms with Crippen LogP contribution in [0.2, 0.25) is 18.1 Å². The van der Waals surface area contributed by atoms with Crippen molar-refractivity contribution in [2.75, 3.05) is 0 Å². The molecule has 7 heteroatoms. The SMILES string of the molecule is CC[Si](CC)(CC)O[C@H]1C(=O)N(C(=O)OC(C)(C)C)[C@H]1c1ccoc1. The van der Waals surface area contributed by atoms with Gasteiger partial charge in [0.05, 0.1) is 12.5 Å². The predicted molar refractivity (Wildman–Crippen MR) is 96.6 cm³/mol. The fraction of sp³-hybridized carbons (Fsp3) is 0.667. The van der Waals surface area contributed by atoms with Crippen molar-refractivity contribution in [2.45, 2.75) is 77.4 Å². The minimum absolute atomic E-state index is 0.326. The molecule has 0 N–H and O–H groups in total. The second-order valence-corrected chi connectivity index (χ2v) is 12.2. The first-order valence-electron chi connectivity index (χ1n) is 8.94. The van der Waals surface area contributed by atoms with Crippen LogP contribution in [0.3, 0.4) is 0 Å². The van der Waals surface area contributed by atoms with E-state index in [1.165, 1.54) is 6.26 Å². The summed E-state index contributed by atoms with van der Waals surface area (Å²) in [6.07, 6.45) is 1.81. The van der Waals surface area contributed by atoms with Crippen molar-refractivity contribution in [3.63, 3.8) is 0 Å². The van der Waals surface area contributed by atoms with Gasteiger partial charge in [-0.15, -0.1) is 0 Å². The monoisotopic (exact) mass is 367 g/mol. The molecule has 2 heterocycles. The number of furan rings is 1. The summed E-state index contributed by atoms with van der Waals surface area (Å²) in [5.74, 6) is -0.326. The molecule has 0 unspecified atom stereocenters. The second-order valence-electron chi connectivity index (χ2n) is 7.47. The summed E-state index contributed by atoms with van der Waals surface area (Å²) in [6, 6.07) is 4.09. The summed E-state index contributed by atoms with van der Waals surface area (Å²) in [7, 11) is -1.99. The van der Waals surface area contributed by atoms with E-state index in [0.29, 0.717) is 0 Å². The molecular formula is C18H29NO5Si. The number of carbonyl (C=O) groups is 2. The van der Waals surface area contributed by atoms with E-state index in [2.05, 4.69) is 20.8 Å². The van der Waals surface area contributed by atoms with Crippen LogP contribution in [0.25, 0.3) is 0 Å². The molecule has 1 aromatic rings. The van der Waals surface area contributed by atoms with Gasteiger partial charge < -0.3 is 13.6 Å². The summed E-state index contributed by atoms with van der Waals surface area (Å²) in [4.78, 5) is 26.4. The number of ether oxygens (including phenoxy) is 1. The van der Waals surface area contributed by atoms with Crippen LogP contribution in [0.4, 0.5) is 4.79 Å². The van der Waals surface area contributed by atoms with Crippen LogP contribution in [0.1, 0.15) is 53.1 Å². The van der Waals surface area contributed by atoms with Crippen LogP contribution >= 0.6 is 0 Å². The van der Waals surface area contributed by atoms with Gasteiger partial charge in [-0.1, -0.05) is 20.8 Å². The molecule has 2 atom stereocenters. The van der Waals surface area contributed by atoms with Gasteiger partial charge in [-0.3, -0.25) is 4.79 Å². The molecule has 0 aromatic carbocycles. The molecule has 140 valence electrons. The normalized spacial score (nSPS) is 21.2. The van der Waals surface area contributed by atoms with Gasteiger partial charge in [0.25, 0.3) is 5.91 Å². The summed E-state index contributed by atoms with van der Waals surface area (Å²) in [6.45, 7) is 11.7. The average Bonchev–Trinajstić information content (AvgIpc) is 3.05. The topological polar surface area (TPSA) is 69.0 Å². The Morgan fingerprint density at radius 3 is 2.28 bits per heavy atom. The van der Waals surface area contributed by atoms with Gasteiger partial charge in [-0.25, -0.2) is 9.69 Å². The van der Waals surface area contributed by atoms with Crippen LogP contribution in [0, 0.1) is 0 Å². The number of hydrogen-bond donors (Lipinski definition) is 0. The van der Waals surface area contributed by atoms with Crippen LogP contribution in [-0.4, -0.2) is 36.9 Å². The second kappa shape index (κ2) is 7.33. The summed E-state index contributed by atoms with van der Waals surface area (Å²) in [5, 5.41) is 0. The van der Waals surface area contributed by atoms with Crippen molar-refractivity contribution in [3.8, 4) is 0 Å². The number of hydrogen-bond acceptors (Lipinski definition) is 5. The van der Waals surface area contributed by atoms with Gasteiger partial charge in [-0.05, 0) is 45.0 Å². The predicted octanol–water partition coefficient (Wildman–Crippen LogP) is 4.49. The lowest BCUT2D eigenvalue weighted by molar-refractivity contribution is -0.162. The van der Waals surface area contributed by atoms with Crippen molar-refractivity contribution >= 4 is 20.3 Å². The average molecular weight is 368 g/mol. The van der Waals surface area contributed by atoms with E-state index < -0.39 is 32.2 Å². The number of rotatable bonds is 6. The lowest BCUT2D eigenvalue weighted by Crippen LogP contribution is -2.65. The summed E-state index contributed by atoms with van der Waals surface area (Å²) >= 11 is 0. The van der Waals surface area contributed by atoms with Crippen LogP contribution < -0.4 is 0 Å². The first-order valence-corrected chi connectivity index (χ1v) is 11.5. The van der Waals surface area contributed by atoms with Gasteiger partial charge in [-0.2, -0.15) is 0 Å². The van der Waals surface area contributed by atoms with E-state index >= 15 is 0 Å². The number of nitrogens with zero attached hydrogens (tertiary/aromatic N) is 1. The Hall–Kier alpha value is -1.60. The van der Waals surface area contributed by atoms with Crippen LogP contribution in [0.5, 0.6) is 0 Å². The molecule has 1 fully saturated rings. The molecule has 2 rings (SSSR count). The maximum atomic E-state index is 12.7. The molecule has 2 amide bonds. The molecule has 0 saturated carbocycles. The van der Waals surface area contributed by atoms with Gasteiger partial charge in [0, 0.05) is 5.56 Å². The fourth-order valence-corrected chi connectivity index (χ4v) is 5.90. The van der Waals surface area contributed by atoms with Crippen molar-refractivity contribution < 1.29 is 23.2 Å². The first kappa shape index (κ1) is 19.7. The minimum atomic E-state index is -1.99. The zero-order valence-corrected chi connectivity index (χ0v) is 17.0. The van der Waals surface area contributed by atoms with E-state index in [-0.39, 0.29) is 5.91 Å². The summed E-state index contributed by atoms with van der Waals surface area (Å²) in [5.41, 5.74) is 0.0839. The van der Waals surface area contributed by atoms with E-state index in [1.807, 2.05) is 0 Å². The third kappa shape index (κ3) is 3.98. The highest BCUT2D eigenvalue weighted by Crippen LogP contribution is 2.41. The first-order chi connectivity index (χ1) is 11.7. The van der Waals surface area contributed by atoms with E-state index in [4.69, 9.17) is 13.6 Å². The highest BCUT2D eigenvalue weighted by molar-refractivity contribution is 6.73. The third-order valence-corrected chi connectivity index (χ3v) is 9.45. The van der Waals surface area contributed by atoms with Gasteiger partial charge in [0.15, 0.2) is 14.4 Å². The third-order valence-electron chi connectivity index (χ3n) is 4.83. The standard InChI is InChI=1S/C18H29NO5Si/c1-7-25(8-2,9-3)24-15-14(13-10-11-22-12-13)19(16(15)20)17(21)23-18(4,5)6/h10-12,14-15H,7-9H2,1-6H3/t14-,15+/m0/s1. The van der Waals surface area contributed by atoms with Crippen molar-refractivity contribution in [1.82, 2.24) is 4.90 Å². The van der Waals surface area contributed by atoms with Crippen molar-refractivity contribution in [3.05, 3.63) is 24.2 Å². The largest absolute Gasteiger partial charge is 0.472 e. The highest BCUT2D eigenvalue weighted by Gasteiger charge is 2.56. The lowest BCUT2D eigenvalue weighted by atomic mass is 9.93. The number of carbonyl (C=O) groups excluding carboxylic acids is 2. The van der Waals surface area contributed by atoms with E-state index in [1.54, 1.807) is 33.1 Å². The molecule has 0 spiro atoms. The molecule has 1 aromatic heterocycles. The Kier molecular flexibility index (Phi) is 5.78. The van der Waals surface area contributed by atoms with E-state index in [0.717, 1.165) is 28.6 Å². The molecule has 25 heavy (non-hydrogen) atoms. The molecule has 0 aliphatic carbocycles. The number of likely N-dealkylation sites (tertiary alicyclic amines) is 1. The van der Waals surface area contributed by atoms with Crippen molar-refractivity contribution in [2.24, 2.45) is 0 Å². The summed E-state index contributed by atoms with van der Waals surface area (Å²) < 4.78 is 16.9. The van der Waals surface area contributed by atoms with Crippen molar-refractivity contribution in [1.29, 1.82) is 0 Å². The number of β-lactam (4-membered cyclic amide) rings is 1.